The highest BCUT2D eigenvalue weighted by atomic mass is 32.1. The van der Waals surface area contributed by atoms with Crippen LogP contribution in [0.4, 0.5) is 0 Å². The van der Waals surface area contributed by atoms with Crippen LogP contribution in [0.25, 0.3) is 0 Å². The van der Waals surface area contributed by atoms with Crippen LogP contribution in [-0.4, -0.2) is 12.6 Å². The molecule has 2 aromatic rings. The van der Waals surface area contributed by atoms with Crippen LogP contribution in [0.3, 0.4) is 0 Å². The van der Waals surface area contributed by atoms with Gasteiger partial charge in [-0.25, -0.2) is 0 Å². The fourth-order valence-electron chi connectivity index (χ4n) is 1.95. The van der Waals surface area contributed by atoms with E-state index in [4.69, 9.17) is 9.15 Å². The van der Waals surface area contributed by atoms with Gasteiger partial charge >= 0.3 is 0 Å². The van der Waals surface area contributed by atoms with Gasteiger partial charge in [-0.1, -0.05) is 19.9 Å². The summed E-state index contributed by atoms with van der Waals surface area (Å²) in [7, 11) is 0. The Morgan fingerprint density at radius 3 is 2.95 bits per heavy atom. The molecule has 0 unspecified atom stereocenters. The van der Waals surface area contributed by atoms with E-state index < -0.39 is 0 Å². The summed E-state index contributed by atoms with van der Waals surface area (Å²) in [5.74, 6) is 1.89. The first-order valence-corrected chi connectivity index (χ1v) is 7.95. The van der Waals surface area contributed by atoms with Gasteiger partial charge in [0.2, 0.25) is 0 Å². The molecule has 0 amide bonds. The molecule has 0 bridgehead atoms. The zero-order valence-electron chi connectivity index (χ0n) is 12.4. The number of ether oxygens (including phenoxy) is 1. The fraction of sp³-hybridized carbons (Fsp3) is 0.500. The monoisotopic (exact) mass is 293 g/mol. The van der Waals surface area contributed by atoms with Gasteiger partial charge < -0.3 is 14.5 Å². The second kappa shape index (κ2) is 7.62. The van der Waals surface area contributed by atoms with E-state index in [0.717, 1.165) is 31.1 Å². The molecule has 4 heteroatoms. The van der Waals surface area contributed by atoms with E-state index in [0.29, 0.717) is 12.6 Å². The summed E-state index contributed by atoms with van der Waals surface area (Å²) in [4.78, 5) is 1.36. The Kier molecular flexibility index (Phi) is 5.83. The molecular weight excluding hydrogens is 270 g/mol. The summed E-state index contributed by atoms with van der Waals surface area (Å²) in [6.45, 7) is 8.43. The van der Waals surface area contributed by atoms with E-state index in [2.05, 4.69) is 42.7 Å². The predicted molar refractivity (Wildman–Crippen MR) is 83.1 cm³/mol. The molecular formula is C16H23NO2S. The maximum atomic E-state index is 5.72. The molecule has 0 saturated carbocycles. The molecule has 0 atom stereocenters. The molecule has 0 aliphatic carbocycles. The first kappa shape index (κ1) is 15.3. The van der Waals surface area contributed by atoms with E-state index in [1.807, 2.05) is 6.92 Å². The van der Waals surface area contributed by atoms with Crippen molar-refractivity contribution in [2.75, 3.05) is 6.61 Å². The normalized spacial score (nSPS) is 11.4. The molecule has 3 nitrogen and oxygen atoms in total. The highest BCUT2D eigenvalue weighted by Gasteiger charge is 2.08. The molecule has 0 fully saturated rings. The minimum absolute atomic E-state index is 0.481. The number of hydrogen-bond donors (Lipinski definition) is 1. The number of nitrogens with one attached hydrogen (secondary N) is 1. The Morgan fingerprint density at radius 1 is 1.40 bits per heavy atom. The number of aryl methyl sites for hydroxylation is 1. The van der Waals surface area contributed by atoms with Crippen molar-refractivity contribution >= 4 is 11.3 Å². The van der Waals surface area contributed by atoms with Crippen LogP contribution in [-0.2, 0) is 24.3 Å². The van der Waals surface area contributed by atoms with Crippen LogP contribution < -0.4 is 5.32 Å². The average molecular weight is 293 g/mol. The van der Waals surface area contributed by atoms with Crippen LogP contribution in [0.15, 0.2) is 28.0 Å². The quantitative estimate of drug-likeness (QED) is 0.749. The van der Waals surface area contributed by atoms with E-state index in [1.54, 1.807) is 11.3 Å². The summed E-state index contributed by atoms with van der Waals surface area (Å²) in [6.07, 6.45) is 0.971. The lowest BCUT2D eigenvalue weighted by atomic mass is 10.2. The molecule has 0 aromatic carbocycles. The van der Waals surface area contributed by atoms with Crippen LogP contribution in [0.1, 0.15) is 35.8 Å². The zero-order valence-corrected chi connectivity index (χ0v) is 13.3. The molecule has 20 heavy (non-hydrogen) atoms. The summed E-state index contributed by atoms with van der Waals surface area (Å²) in [5, 5.41) is 5.50. The SMILES string of the molecule is Cc1oc(COCCc2cccs2)cc1CNC(C)C. The molecule has 0 saturated heterocycles. The zero-order chi connectivity index (χ0) is 14.4. The van der Waals surface area contributed by atoms with E-state index >= 15 is 0 Å². The van der Waals surface area contributed by atoms with Crippen molar-refractivity contribution in [1.29, 1.82) is 0 Å². The highest BCUT2D eigenvalue weighted by molar-refractivity contribution is 7.09. The minimum Gasteiger partial charge on any atom is -0.464 e. The highest BCUT2D eigenvalue weighted by Crippen LogP contribution is 2.16. The maximum Gasteiger partial charge on any atom is 0.130 e. The van der Waals surface area contributed by atoms with Gasteiger partial charge in [0.05, 0.1) is 6.61 Å². The molecule has 1 N–H and O–H groups in total. The summed E-state index contributed by atoms with van der Waals surface area (Å²) < 4.78 is 11.4. The third kappa shape index (κ3) is 4.78. The van der Waals surface area contributed by atoms with Gasteiger partial charge in [-0.3, -0.25) is 0 Å². The van der Waals surface area contributed by atoms with Crippen molar-refractivity contribution < 1.29 is 9.15 Å². The van der Waals surface area contributed by atoms with Gasteiger partial charge in [0.1, 0.15) is 18.1 Å². The largest absolute Gasteiger partial charge is 0.464 e. The summed E-state index contributed by atoms with van der Waals surface area (Å²) >= 11 is 1.77. The number of furan rings is 1. The van der Waals surface area contributed by atoms with Crippen molar-refractivity contribution in [3.05, 3.63) is 45.5 Å². The van der Waals surface area contributed by atoms with E-state index in [1.165, 1.54) is 10.4 Å². The smallest absolute Gasteiger partial charge is 0.130 e. The maximum absolute atomic E-state index is 5.72. The Hall–Kier alpha value is -1.10. The molecule has 2 rings (SSSR count). The number of thiophene rings is 1. The molecule has 2 aromatic heterocycles. The second-order valence-corrected chi connectivity index (χ2v) is 6.24. The third-order valence-electron chi connectivity index (χ3n) is 3.09. The van der Waals surface area contributed by atoms with Crippen molar-refractivity contribution in [2.24, 2.45) is 0 Å². The lowest BCUT2D eigenvalue weighted by molar-refractivity contribution is 0.108. The molecule has 0 spiro atoms. The van der Waals surface area contributed by atoms with Crippen molar-refractivity contribution in [3.63, 3.8) is 0 Å². The third-order valence-corrected chi connectivity index (χ3v) is 4.03. The Labute approximate surface area is 125 Å². The first-order chi connectivity index (χ1) is 9.65. The lowest BCUT2D eigenvalue weighted by Gasteiger charge is -2.05. The molecule has 0 aliphatic rings. The van der Waals surface area contributed by atoms with Gasteiger partial charge in [-0.05, 0) is 24.4 Å². The lowest BCUT2D eigenvalue weighted by Crippen LogP contribution is -2.21. The van der Waals surface area contributed by atoms with Crippen molar-refractivity contribution in [1.82, 2.24) is 5.32 Å². The average Bonchev–Trinajstić information content (AvgIpc) is 3.02. The molecule has 0 aliphatic heterocycles. The Morgan fingerprint density at radius 2 is 2.25 bits per heavy atom. The Balaban J connectivity index is 1.74. The molecule has 110 valence electrons. The van der Waals surface area contributed by atoms with E-state index in [-0.39, 0.29) is 0 Å². The van der Waals surface area contributed by atoms with Gasteiger partial charge in [0.25, 0.3) is 0 Å². The minimum atomic E-state index is 0.481. The van der Waals surface area contributed by atoms with Crippen molar-refractivity contribution in [2.45, 2.75) is 46.4 Å². The van der Waals surface area contributed by atoms with Crippen LogP contribution >= 0.6 is 11.3 Å². The summed E-state index contributed by atoms with van der Waals surface area (Å²) in [6, 6.07) is 6.79. The predicted octanol–water partition coefficient (Wildman–Crippen LogP) is 3.91. The van der Waals surface area contributed by atoms with E-state index in [9.17, 15) is 0 Å². The van der Waals surface area contributed by atoms with Crippen LogP contribution in [0.2, 0.25) is 0 Å². The topological polar surface area (TPSA) is 34.4 Å². The van der Waals surface area contributed by atoms with Gasteiger partial charge in [0, 0.05) is 29.4 Å². The van der Waals surface area contributed by atoms with Crippen molar-refractivity contribution in [3.8, 4) is 0 Å². The van der Waals surface area contributed by atoms with Gasteiger partial charge in [-0.15, -0.1) is 11.3 Å². The second-order valence-electron chi connectivity index (χ2n) is 5.21. The molecule has 0 radical (unpaired) electrons. The van der Waals surface area contributed by atoms with Gasteiger partial charge in [-0.2, -0.15) is 0 Å². The Bertz CT molecular complexity index is 503. The number of hydrogen-bond acceptors (Lipinski definition) is 4. The first-order valence-electron chi connectivity index (χ1n) is 7.07. The van der Waals surface area contributed by atoms with Crippen LogP contribution in [0.5, 0.6) is 0 Å². The summed E-state index contributed by atoms with van der Waals surface area (Å²) in [5.41, 5.74) is 1.22. The van der Waals surface area contributed by atoms with Crippen LogP contribution in [0, 0.1) is 6.92 Å². The number of rotatable bonds is 8. The molecule has 2 heterocycles. The standard InChI is InChI=1S/C16H23NO2S/c1-12(2)17-10-14-9-15(19-13(14)3)11-18-7-6-16-5-4-8-20-16/h4-5,8-9,12,17H,6-7,10-11H2,1-3H3. The fourth-order valence-corrected chi connectivity index (χ4v) is 2.64. The van der Waals surface area contributed by atoms with Gasteiger partial charge in [0.15, 0.2) is 0 Å².